The van der Waals surface area contributed by atoms with Crippen LogP contribution in [0.5, 0.6) is 0 Å². The Balaban J connectivity index is 2.51. The van der Waals surface area contributed by atoms with E-state index in [1.807, 2.05) is 13.0 Å². The van der Waals surface area contributed by atoms with E-state index in [-0.39, 0.29) is 12.4 Å². The number of nitrogens with zero attached hydrogens (tertiary/aromatic N) is 1. The molecule has 1 rings (SSSR count). The lowest BCUT2D eigenvalue weighted by molar-refractivity contribution is 0.260. The fraction of sp³-hybridized carbons (Fsp3) is 0.462. The zero-order chi connectivity index (χ0) is 12.7. The lowest BCUT2D eigenvalue weighted by Crippen LogP contribution is -2.21. The van der Waals surface area contributed by atoms with Gasteiger partial charge in [0.2, 0.25) is 0 Å². The highest BCUT2D eigenvalue weighted by atomic mass is 19.1. The first-order valence-electron chi connectivity index (χ1n) is 5.67. The maximum atomic E-state index is 13.0. The zero-order valence-electron chi connectivity index (χ0n) is 9.91. The molecule has 17 heavy (non-hydrogen) atoms. The Morgan fingerprint density at radius 3 is 2.94 bits per heavy atom. The number of halogens is 1. The molecule has 92 valence electrons. The number of hydrogen-bond acceptors (Lipinski definition) is 3. The molecule has 0 saturated carbocycles. The standard InChI is InChI=1S/C13H17FN2O/c1-10(4-5-17)8-16-9-12-6-13(14)3-2-11(12)7-15/h2-3,6,10,16-17H,4-5,8-9H2,1H3. The van der Waals surface area contributed by atoms with Crippen LogP contribution in [0.4, 0.5) is 4.39 Å². The van der Waals surface area contributed by atoms with Crippen LogP contribution in [-0.4, -0.2) is 18.3 Å². The summed E-state index contributed by atoms with van der Waals surface area (Å²) in [4.78, 5) is 0. The van der Waals surface area contributed by atoms with Gasteiger partial charge in [-0.2, -0.15) is 5.26 Å². The summed E-state index contributed by atoms with van der Waals surface area (Å²) in [5.41, 5.74) is 1.16. The van der Waals surface area contributed by atoms with Crippen molar-refractivity contribution in [1.82, 2.24) is 5.32 Å². The van der Waals surface area contributed by atoms with Crippen LogP contribution < -0.4 is 5.32 Å². The number of hydrogen-bond donors (Lipinski definition) is 2. The highest BCUT2D eigenvalue weighted by Crippen LogP contribution is 2.10. The van der Waals surface area contributed by atoms with Crippen LogP contribution in [0.2, 0.25) is 0 Å². The van der Waals surface area contributed by atoms with E-state index in [0.717, 1.165) is 13.0 Å². The molecule has 0 saturated heterocycles. The lowest BCUT2D eigenvalue weighted by atomic mass is 10.1. The number of nitrogens with one attached hydrogen (secondary N) is 1. The molecule has 1 aromatic rings. The first-order chi connectivity index (χ1) is 8.17. The smallest absolute Gasteiger partial charge is 0.123 e. The summed E-state index contributed by atoms with van der Waals surface area (Å²) in [5, 5.41) is 20.8. The number of nitriles is 1. The predicted molar refractivity (Wildman–Crippen MR) is 63.7 cm³/mol. The molecule has 0 aliphatic rings. The fourth-order valence-corrected chi connectivity index (χ4v) is 1.59. The average Bonchev–Trinajstić information content (AvgIpc) is 2.30. The minimum absolute atomic E-state index is 0.173. The molecule has 4 heteroatoms. The first-order valence-corrected chi connectivity index (χ1v) is 5.67. The number of aliphatic hydroxyl groups is 1. The lowest BCUT2D eigenvalue weighted by Gasteiger charge is -2.11. The van der Waals surface area contributed by atoms with Crippen molar-refractivity contribution in [1.29, 1.82) is 5.26 Å². The minimum Gasteiger partial charge on any atom is -0.396 e. The largest absolute Gasteiger partial charge is 0.396 e. The topological polar surface area (TPSA) is 56.0 Å². The Bertz CT molecular complexity index is 401. The third kappa shape index (κ3) is 4.51. The van der Waals surface area contributed by atoms with Crippen LogP contribution in [0.25, 0.3) is 0 Å². The van der Waals surface area contributed by atoms with Gasteiger partial charge in [-0.1, -0.05) is 6.92 Å². The highest BCUT2D eigenvalue weighted by molar-refractivity contribution is 5.37. The second-order valence-electron chi connectivity index (χ2n) is 4.16. The van der Waals surface area contributed by atoms with Gasteiger partial charge in [-0.3, -0.25) is 0 Å². The fourth-order valence-electron chi connectivity index (χ4n) is 1.59. The van der Waals surface area contributed by atoms with E-state index in [0.29, 0.717) is 23.6 Å². The van der Waals surface area contributed by atoms with Crippen LogP contribution in [0.15, 0.2) is 18.2 Å². The van der Waals surface area contributed by atoms with Gasteiger partial charge in [0.25, 0.3) is 0 Å². The summed E-state index contributed by atoms with van der Waals surface area (Å²) in [7, 11) is 0. The van der Waals surface area contributed by atoms with Crippen LogP contribution in [-0.2, 0) is 6.54 Å². The summed E-state index contributed by atoms with van der Waals surface area (Å²) < 4.78 is 13.0. The van der Waals surface area contributed by atoms with Gasteiger partial charge < -0.3 is 10.4 Å². The Morgan fingerprint density at radius 2 is 2.29 bits per heavy atom. The van der Waals surface area contributed by atoms with Gasteiger partial charge in [0.15, 0.2) is 0 Å². The average molecular weight is 236 g/mol. The molecule has 1 atom stereocenters. The molecule has 0 aliphatic heterocycles. The molecule has 0 heterocycles. The van der Waals surface area contributed by atoms with Gasteiger partial charge in [0.1, 0.15) is 5.82 Å². The molecule has 0 spiro atoms. The van der Waals surface area contributed by atoms with Crippen LogP contribution in [0.3, 0.4) is 0 Å². The molecular formula is C13H17FN2O. The molecule has 0 radical (unpaired) electrons. The molecule has 1 aromatic carbocycles. The molecule has 0 fully saturated rings. The minimum atomic E-state index is -0.329. The van der Waals surface area contributed by atoms with Crippen LogP contribution in [0.1, 0.15) is 24.5 Å². The monoisotopic (exact) mass is 236 g/mol. The second-order valence-corrected chi connectivity index (χ2v) is 4.16. The van der Waals surface area contributed by atoms with Crippen molar-refractivity contribution in [3.05, 3.63) is 35.1 Å². The summed E-state index contributed by atoms with van der Waals surface area (Å²) in [6, 6.07) is 6.19. The number of rotatable bonds is 6. The van der Waals surface area contributed by atoms with Crippen LogP contribution in [0, 0.1) is 23.1 Å². The van der Waals surface area contributed by atoms with Gasteiger partial charge in [-0.05, 0) is 42.6 Å². The molecule has 0 amide bonds. The van der Waals surface area contributed by atoms with Crippen molar-refractivity contribution in [2.24, 2.45) is 5.92 Å². The quantitative estimate of drug-likeness (QED) is 0.792. The Labute approximate surface area is 101 Å². The summed E-state index contributed by atoms with van der Waals surface area (Å²) in [5.74, 6) is 0.0308. The van der Waals surface area contributed by atoms with Crippen molar-refractivity contribution >= 4 is 0 Å². The normalized spacial score (nSPS) is 12.1. The Hall–Kier alpha value is -1.44. The maximum Gasteiger partial charge on any atom is 0.123 e. The molecule has 0 aliphatic carbocycles. The van der Waals surface area contributed by atoms with Crippen molar-refractivity contribution in [3.63, 3.8) is 0 Å². The first kappa shape index (κ1) is 13.6. The second kappa shape index (κ2) is 7.00. The van der Waals surface area contributed by atoms with E-state index in [4.69, 9.17) is 10.4 Å². The van der Waals surface area contributed by atoms with E-state index in [2.05, 4.69) is 5.32 Å². The number of aliphatic hydroxyl groups excluding tert-OH is 1. The predicted octanol–water partition coefficient (Wildman–Crippen LogP) is 1.81. The molecule has 2 N–H and O–H groups in total. The summed E-state index contributed by atoms with van der Waals surface area (Å²) >= 11 is 0. The molecule has 1 unspecified atom stereocenters. The van der Waals surface area contributed by atoms with Gasteiger partial charge >= 0.3 is 0 Å². The van der Waals surface area contributed by atoms with E-state index in [1.54, 1.807) is 0 Å². The van der Waals surface area contributed by atoms with Gasteiger partial charge in [-0.25, -0.2) is 4.39 Å². The SMILES string of the molecule is CC(CCO)CNCc1cc(F)ccc1C#N. The summed E-state index contributed by atoms with van der Waals surface area (Å²) in [6.07, 6.45) is 0.737. The van der Waals surface area contributed by atoms with Gasteiger partial charge in [0.05, 0.1) is 11.6 Å². The van der Waals surface area contributed by atoms with Gasteiger partial charge in [0, 0.05) is 13.2 Å². The Morgan fingerprint density at radius 1 is 1.53 bits per heavy atom. The van der Waals surface area contributed by atoms with Crippen molar-refractivity contribution in [3.8, 4) is 6.07 Å². The molecule has 0 bridgehead atoms. The van der Waals surface area contributed by atoms with Crippen molar-refractivity contribution in [2.45, 2.75) is 19.9 Å². The zero-order valence-corrected chi connectivity index (χ0v) is 9.91. The van der Waals surface area contributed by atoms with Crippen molar-refractivity contribution in [2.75, 3.05) is 13.2 Å². The molecular weight excluding hydrogens is 219 g/mol. The highest BCUT2D eigenvalue weighted by Gasteiger charge is 2.05. The van der Waals surface area contributed by atoms with E-state index in [9.17, 15) is 4.39 Å². The third-order valence-electron chi connectivity index (χ3n) is 2.62. The molecule has 3 nitrogen and oxygen atoms in total. The van der Waals surface area contributed by atoms with Crippen molar-refractivity contribution < 1.29 is 9.50 Å². The van der Waals surface area contributed by atoms with E-state index in [1.165, 1.54) is 18.2 Å². The van der Waals surface area contributed by atoms with E-state index < -0.39 is 0 Å². The summed E-state index contributed by atoms with van der Waals surface area (Å²) in [6.45, 7) is 3.41. The van der Waals surface area contributed by atoms with Gasteiger partial charge in [-0.15, -0.1) is 0 Å². The van der Waals surface area contributed by atoms with E-state index >= 15 is 0 Å². The van der Waals surface area contributed by atoms with Crippen LogP contribution >= 0.6 is 0 Å². The number of benzene rings is 1. The molecule has 0 aromatic heterocycles. The maximum absolute atomic E-state index is 13.0. The Kier molecular flexibility index (Phi) is 5.61. The third-order valence-corrected chi connectivity index (χ3v) is 2.62.